The summed E-state index contributed by atoms with van der Waals surface area (Å²) in [6.07, 6.45) is 0. The third kappa shape index (κ3) is 3.66. The lowest BCUT2D eigenvalue weighted by Gasteiger charge is -2.04. The summed E-state index contributed by atoms with van der Waals surface area (Å²) in [5, 5.41) is 3.44. The molecule has 0 radical (unpaired) electrons. The van der Waals surface area contributed by atoms with Gasteiger partial charge in [-0.15, -0.1) is 11.3 Å². The number of rotatable bonds is 4. The molecule has 1 amide bonds. The quantitative estimate of drug-likeness (QED) is 0.877. The molecule has 0 aliphatic heterocycles. The molecule has 1 aromatic carbocycles. The highest BCUT2D eigenvalue weighted by atomic mass is 35.5. The van der Waals surface area contributed by atoms with Crippen molar-refractivity contribution < 1.29 is 9.59 Å². The zero-order valence-corrected chi connectivity index (χ0v) is 11.8. The van der Waals surface area contributed by atoms with E-state index in [9.17, 15) is 9.59 Å². The maximum atomic E-state index is 11.9. The van der Waals surface area contributed by atoms with Crippen LogP contribution in [0.1, 0.15) is 31.8 Å². The monoisotopic (exact) mass is 293 g/mol. The SMILES string of the molecule is CC(=O)c1ccc(C(=O)NCc2cccc(Cl)c2)s1. The molecule has 1 heterocycles. The summed E-state index contributed by atoms with van der Waals surface area (Å²) in [4.78, 5) is 24.2. The van der Waals surface area contributed by atoms with Crippen molar-refractivity contribution >= 4 is 34.6 Å². The Morgan fingerprint density at radius 1 is 1.21 bits per heavy atom. The number of hydrogen-bond acceptors (Lipinski definition) is 3. The molecule has 0 saturated carbocycles. The molecule has 19 heavy (non-hydrogen) atoms. The van der Waals surface area contributed by atoms with Gasteiger partial charge in [0.15, 0.2) is 5.78 Å². The molecule has 0 unspecified atom stereocenters. The first-order valence-corrected chi connectivity index (χ1v) is 6.89. The maximum Gasteiger partial charge on any atom is 0.261 e. The van der Waals surface area contributed by atoms with Crippen LogP contribution in [-0.4, -0.2) is 11.7 Å². The van der Waals surface area contributed by atoms with Gasteiger partial charge in [-0.1, -0.05) is 23.7 Å². The molecule has 0 aliphatic carbocycles. The number of carbonyl (C=O) groups excluding carboxylic acids is 2. The first kappa shape index (κ1) is 13.8. The largest absolute Gasteiger partial charge is 0.347 e. The molecular formula is C14H12ClNO2S. The van der Waals surface area contributed by atoms with Crippen LogP contribution in [0.15, 0.2) is 36.4 Å². The van der Waals surface area contributed by atoms with Gasteiger partial charge in [0, 0.05) is 11.6 Å². The molecule has 1 N–H and O–H groups in total. The normalized spacial score (nSPS) is 10.2. The van der Waals surface area contributed by atoms with Gasteiger partial charge in [0.1, 0.15) is 0 Å². The summed E-state index contributed by atoms with van der Waals surface area (Å²) in [6.45, 7) is 1.90. The molecule has 0 bridgehead atoms. The Balaban J connectivity index is 1.99. The van der Waals surface area contributed by atoms with E-state index in [2.05, 4.69) is 5.32 Å². The highest BCUT2D eigenvalue weighted by Crippen LogP contribution is 2.17. The van der Waals surface area contributed by atoms with Gasteiger partial charge in [0.2, 0.25) is 0 Å². The lowest BCUT2D eigenvalue weighted by molar-refractivity contribution is 0.0954. The molecule has 5 heteroatoms. The molecular weight excluding hydrogens is 282 g/mol. The van der Waals surface area contributed by atoms with Crippen LogP contribution in [0.3, 0.4) is 0 Å². The summed E-state index contributed by atoms with van der Waals surface area (Å²) in [6, 6.07) is 10.6. The van der Waals surface area contributed by atoms with E-state index in [1.54, 1.807) is 24.3 Å². The van der Waals surface area contributed by atoms with Gasteiger partial charge in [-0.3, -0.25) is 9.59 Å². The van der Waals surface area contributed by atoms with Crippen LogP contribution in [0.5, 0.6) is 0 Å². The number of benzene rings is 1. The van der Waals surface area contributed by atoms with Gasteiger partial charge >= 0.3 is 0 Å². The fourth-order valence-corrected chi connectivity index (χ4v) is 2.60. The Bertz CT molecular complexity index is 621. The minimum absolute atomic E-state index is 0.0288. The second kappa shape index (κ2) is 5.99. The van der Waals surface area contributed by atoms with Gasteiger partial charge < -0.3 is 5.32 Å². The highest BCUT2D eigenvalue weighted by Gasteiger charge is 2.10. The van der Waals surface area contributed by atoms with Crippen LogP contribution in [0.2, 0.25) is 5.02 Å². The zero-order valence-electron chi connectivity index (χ0n) is 10.3. The van der Waals surface area contributed by atoms with E-state index in [-0.39, 0.29) is 11.7 Å². The van der Waals surface area contributed by atoms with E-state index < -0.39 is 0 Å². The van der Waals surface area contributed by atoms with E-state index in [0.29, 0.717) is 21.3 Å². The number of ketones is 1. The second-order valence-electron chi connectivity index (χ2n) is 4.03. The lowest BCUT2D eigenvalue weighted by Crippen LogP contribution is -2.21. The molecule has 0 saturated heterocycles. The molecule has 0 spiro atoms. The van der Waals surface area contributed by atoms with Crippen molar-refractivity contribution in [1.29, 1.82) is 0 Å². The minimum Gasteiger partial charge on any atom is -0.347 e. The predicted octanol–water partition coefficient (Wildman–Crippen LogP) is 3.53. The molecule has 3 nitrogen and oxygen atoms in total. The van der Waals surface area contributed by atoms with Gasteiger partial charge in [0.25, 0.3) is 5.91 Å². The number of Topliss-reactive ketones (excluding diaryl/α,β-unsaturated/α-hetero) is 1. The van der Waals surface area contributed by atoms with Gasteiger partial charge in [-0.05, 0) is 36.8 Å². The summed E-state index contributed by atoms with van der Waals surface area (Å²) in [5.41, 5.74) is 0.934. The van der Waals surface area contributed by atoms with Crippen molar-refractivity contribution in [3.05, 3.63) is 56.7 Å². The summed E-state index contributed by atoms with van der Waals surface area (Å²) in [7, 11) is 0. The third-order valence-corrected chi connectivity index (χ3v) is 3.94. The van der Waals surface area contributed by atoms with Gasteiger partial charge in [-0.25, -0.2) is 0 Å². The zero-order chi connectivity index (χ0) is 13.8. The molecule has 0 fully saturated rings. The minimum atomic E-state index is -0.183. The van der Waals surface area contributed by atoms with Gasteiger partial charge in [0.05, 0.1) is 9.75 Å². The number of halogens is 1. The molecule has 98 valence electrons. The average Bonchev–Trinajstić information content (AvgIpc) is 2.86. The third-order valence-electron chi connectivity index (χ3n) is 2.52. The molecule has 0 aliphatic rings. The standard InChI is InChI=1S/C14H12ClNO2S/c1-9(17)12-5-6-13(19-12)14(18)16-8-10-3-2-4-11(15)7-10/h2-7H,8H2,1H3,(H,16,18). The van der Waals surface area contributed by atoms with Crippen molar-refractivity contribution in [2.24, 2.45) is 0 Å². The summed E-state index contributed by atoms with van der Waals surface area (Å²) >= 11 is 7.07. The van der Waals surface area contributed by atoms with Crippen LogP contribution in [0.4, 0.5) is 0 Å². The van der Waals surface area contributed by atoms with E-state index in [1.807, 2.05) is 12.1 Å². The van der Waals surface area contributed by atoms with Crippen LogP contribution >= 0.6 is 22.9 Å². The number of amides is 1. The van der Waals surface area contributed by atoms with Crippen molar-refractivity contribution in [2.75, 3.05) is 0 Å². The Kier molecular flexibility index (Phi) is 4.35. The maximum absolute atomic E-state index is 11.9. The smallest absolute Gasteiger partial charge is 0.261 e. The van der Waals surface area contributed by atoms with Crippen LogP contribution < -0.4 is 5.32 Å². The predicted molar refractivity (Wildman–Crippen MR) is 76.9 cm³/mol. The van der Waals surface area contributed by atoms with E-state index >= 15 is 0 Å². The summed E-state index contributed by atoms with van der Waals surface area (Å²) in [5.74, 6) is -0.212. The highest BCUT2D eigenvalue weighted by molar-refractivity contribution is 7.15. The van der Waals surface area contributed by atoms with E-state index in [4.69, 9.17) is 11.6 Å². The molecule has 2 aromatic rings. The molecule has 2 rings (SSSR count). The van der Waals surface area contributed by atoms with Crippen molar-refractivity contribution in [3.63, 3.8) is 0 Å². The average molecular weight is 294 g/mol. The van der Waals surface area contributed by atoms with E-state index in [1.165, 1.54) is 18.3 Å². The number of nitrogens with one attached hydrogen (secondary N) is 1. The Morgan fingerprint density at radius 3 is 2.58 bits per heavy atom. The molecule has 1 aromatic heterocycles. The fraction of sp³-hybridized carbons (Fsp3) is 0.143. The summed E-state index contributed by atoms with van der Waals surface area (Å²) < 4.78 is 0. The van der Waals surface area contributed by atoms with Crippen molar-refractivity contribution in [1.82, 2.24) is 5.32 Å². The van der Waals surface area contributed by atoms with Crippen LogP contribution in [-0.2, 0) is 6.54 Å². The van der Waals surface area contributed by atoms with E-state index in [0.717, 1.165) is 5.56 Å². The van der Waals surface area contributed by atoms with Crippen molar-refractivity contribution in [2.45, 2.75) is 13.5 Å². The van der Waals surface area contributed by atoms with Crippen molar-refractivity contribution in [3.8, 4) is 0 Å². The Hall–Kier alpha value is -1.65. The first-order valence-electron chi connectivity index (χ1n) is 5.69. The Morgan fingerprint density at radius 2 is 1.95 bits per heavy atom. The van der Waals surface area contributed by atoms with Crippen LogP contribution in [0, 0.1) is 0 Å². The second-order valence-corrected chi connectivity index (χ2v) is 5.55. The number of thiophene rings is 1. The Labute approximate surface area is 120 Å². The number of hydrogen-bond donors (Lipinski definition) is 1. The van der Waals surface area contributed by atoms with Crippen LogP contribution in [0.25, 0.3) is 0 Å². The fourth-order valence-electron chi connectivity index (χ4n) is 1.57. The van der Waals surface area contributed by atoms with Gasteiger partial charge in [-0.2, -0.15) is 0 Å². The topological polar surface area (TPSA) is 46.2 Å². The first-order chi connectivity index (χ1) is 9.06. The lowest BCUT2D eigenvalue weighted by atomic mass is 10.2. The number of carbonyl (C=O) groups is 2. The molecule has 0 atom stereocenters.